The monoisotopic (exact) mass is 312 g/mol. The highest BCUT2D eigenvalue weighted by molar-refractivity contribution is 5.44. The molecule has 2 nitrogen and oxygen atoms in total. The molecule has 1 aliphatic rings. The van der Waals surface area contributed by atoms with E-state index < -0.39 is 0 Å². The third kappa shape index (κ3) is 3.52. The fourth-order valence-electron chi connectivity index (χ4n) is 3.77. The first-order valence-corrected chi connectivity index (χ1v) is 8.50. The Hall–Kier alpha value is -1.96. The van der Waals surface area contributed by atoms with Gasteiger partial charge in [-0.25, -0.2) is 0 Å². The lowest BCUT2D eigenvalue weighted by molar-refractivity contribution is 0.356. The zero-order valence-corrected chi connectivity index (χ0v) is 14.6. The summed E-state index contributed by atoms with van der Waals surface area (Å²) < 4.78 is 0. The Morgan fingerprint density at radius 3 is 1.39 bits per heavy atom. The summed E-state index contributed by atoms with van der Waals surface area (Å²) in [6, 6.07) is 15.2. The van der Waals surface area contributed by atoms with Gasteiger partial charge in [0, 0.05) is 5.41 Å². The number of hydrogen-bond donors (Lipinski definition) is 2. The number of phenols is 2. The molecule has 0 aliphatic heterocycles. The van der Waals surface area contributed by atoms with Crippen LogP contribution in [0.15, 0.2) is 48.5 Å². The minimum atomic E-state index is -0.0229. The molecular weight excluding hydrogens is 284 g/mol. The molecule has 124 valence electrons. The molecule has 2 N–H and O–H groups in total. The van der Waals surface area contributed by atoms with Gasteiger partial charge in [-0.05, 0) is 60.1 Å². The SMILES string of the molecule is CC.CC1(C)CCC(c2ccc(O)cc2)(c2ccc(O)cc2)C1. The number of phenolic OH excluding ortho intramolecular Hbond substituents is 2. The van der Waals surface area contributed by atoms with Crippen LogP contribution in [-0.2, 0) is 5.41 Å². The first-order chi connectivity index (χ1) is 10.9. The Kier molecular flexibility index (Phi) is 5.03. The summed E-state index contributed by atoms with van der Waals surface area (Å²) in [5, 5.41) is 19.1. The van der Waals surface area contributed by atoms with Crippen molar-refractivity contribution >= 4 is 0 Å². The Bertz CT molecular complexity index is 578. The van der Waals surface area contributed by atoms with E-state index in [-0.39, 0.29) is 5.41 Å². The Balaban J connectivity index is 0.000000924. The summed E-state index contributed by atoms with van der Waals surface area (Å²) in [7, 11) is 0. The van der Waals surface area contributed by atoms with Crippen LogP contribution < -0.4 is 0 Å². The average Bonchev–Trinajstić information content (AvgIpc) is 2.88. The van der Waals surface area contributed by atoms with Gasteiger partial charge in [-0.2, -0.15) is 0 Å². The van der Waals surface area contributed by atoms with Gasteiger partial charge in [-0.3, -0.25) is 0 Å². The van der Waals surface area contributed by atoms with Gasteiger partial charge >= 0.3 is 0 Å². The van der Waals surface area contributed by atoms with E-state index in [2.05, 4.69) is 13.8 Å². The predicted molar refractivity (Wildman–Crippen MR) is 96.0 cm³/mol. The lowest BCUT2D eigenvalue weighted by Gasteiger charge is -2.32. The predicted octanol–water partition coefficient (Wildman–Crippen LogP) is 5.62. The molecule has 2 heteroatoms. The smallest absolute Gasteiger partial charge is 0.115 e. The van der Waals surface area contributed by atoms with Crippen molar-refractivity contribution in [2.75, 3.05) is 0 Å². The molecule has 2 aromatic rings. The van der Waals surface area contributed by atoms with Gasteiger partial charge in [0.1, 0.15) is 11.5 Å². The molecule has 0 spiro atoms. The van der Waals surface area contributed by atoms with Crippen molar-refractivity contribution in [3.63, 3.8) is 0 Å². The largest absolute Gasteiger partial charge is 0.508 e. The second-order valence-corrected chi connectivity index (χ2v) is 7.02. The van der Waals surface area contributed by atoms with Crippen LogP contribution in [-0.4, -0.2) is 10.2 Å². The molecule has 0 unspecified atom stereocenters. The molecule has 0 amide bonds. The van der Waals surface area contributed by atoms with Crippen LogP contribution in [0.1, 0.15) is 58.1 Å². The Morgan fingerprint density at radius 2 is 1.09 bits per heavy atom. The molecule has 1 saturated carbocycles. The normalized spacial score (nSPS) is 18.1. The highest BCUT2D eigenvalue weighted by Gasteiger charge is 2.45. The molecular formula is C21H28O2. The molecule has 0 bridgehead atoms. The Labute approximate surface area is 139 Å². The van der Waals surface area contributed by atoms with Crippen molar-refractivity contribution in [3.05, 3.63) is 59.7 Å². The lowest BCUT2D eigenvalue weighted by atomic mass is 9.71. The van der Waals surface area contributed by atoms with Crippen molar-refractivity contribution in [1.29, 1.82) is 0 Å². The molecule has 1 aliphatic carbocycles. The van der Waals surface area contributed by atoms with Crippen molar-refractivity contribution in [2.45, 2.75) is 52.4 Å². The van der Waals surface area contributed by atoms with Gasteiger partial charge in [0.15, 0.2) is 0 Å². The van der Waals surface area contributed by atoms with Crippen LogP contribution >= 0.6 is 0 Å². The number of hydrogen-bond acceptors (Lipinski definition) is 2. The molecule has 0 saturated heterocycles. The highest BCUT2D eigenvalue weighted by atomic mass is 16.3. The second-order valence-electron chi connectivity index (χ2n) is 7.02. The third-order valence-corrected chi connectivity index (χ3v) is 4.85. The maximum Gasteiger partial charge on any atom is 0.115 e. The van der Waals surface area contributed by atoms with Gasteiger partial charge < -0.3 is 10.2 Å². The van der Waals surface area contributed by atoms with E-state index in [0.29, 0.717) is 16.9 Å². The van der Waals surface area contributed by atoms with E-state index in [9.17, 15) is 10.2 Å². The van der Waals surface area contributed by atoms with Gasteiger partial charge in [0.05, 0.1) is 0 Å². The van der Waals surface area contributed by atoms with Gasteiger partial charge in [0.25, 0.3) is 0 Å². The maximum absolute atomic E-state index is 9.56. The van der Waals surface area contributed by atoms with Crippen molar-refractivity contribution < 1.29 is 10.2 Å². The second kappa shape index (κ2) is 6.66. The molecule has 0 heterocycles. The first-order valence-electron chi connectivity index (χ1n) is 8.50. The molecule has 23 heavy (non-hydrogen) atoms. The first kappa shape index (κ1) is 17.4. The molecule has 3 rings (SSSR count). The quantitative estimate of drug-likeness (QED) is 0.755. The summed E-state index contributed by atoms with van der Waals surface area (Å²) in [6.07, 6.45) is 3.35. The summed E-state index contributed by atoms with van der Waals surface area (Å²) in [5.41, 5.74) is 2.77. The maximum atomic E-state index is 9.56. The Morgan fingerprint density at radius 1 is 0.696 bits per heavy atom. The fourth-order valence-corrected chi connectivity index (χ4v) is 3.77. The molecule has 0 aromatic heterocycles. The lowest BCUT2D eigenvalue weighted by Crippen LogP contribution is -2.25. The van der Waals surface area contributed by atoms with Crippen LogP contribution in [0.4, 0.5) is 0 Å². The van der Waals surface area contributed by atoms with Crippen LogP contribution in [0.5, 0.6) is 11.5 Å². The van der Waals surface area contributed by atoms with E-state index in [0.717, 1.165) is 12.8 Å². The minimum Gasteiger partial charge on any atom is -0.508 e. The topological polar surface area (TPSA) is 40.5 Å². The number of rotatable bonds is 2. The summed E-state index contributed by atoms with van der Waals surface area (Å²) in [6.45, 7) is 8.63. The van der Waals surface area contributed by atoms with Crippen molar-refractivity contribution in [3.8, 4) is 11.5 Å². The van der Waals surface area contributed by atoms with Crippen molar-refractivity contribution in [1.82, 2.24) is 0 Å². The molecule has 0 atom stereocenters. The number of benzene rings is 2. The highest BCUT2D eigenvalue weighted by Crippen LogP contribution is 2.54. The van der Waals surface area contributed by atoms with Gasteiger partial charge in [-0.15, -0.1) is 0 Å². The van der Waals surface area contributed by atoms with E-state index in [1.807, 2.05) is 38.1 Å². The van der Waals surface area contributed by atoms with E-state index in [4.69, 9.17) is 0 Å². The summed E-state index contributed by atoms with van der Waals surface area (Å²) in [5.74, 6) is 0.605. The average molecular weight is 312 g/mol. The fraction of sp³-hybridized carbons (Fsp3) is 0.429. The summed E-state index contributed by atoms with van der Waals surface area (Å²) in [4.78, 5) is 0. The molecule has 2 aromatic carbocycles. The van der Waals surface area contributed by atoms with Gasteiger partial charge in [-0.1, -0.05) is 52.0 Å². The van der Waals surface area contributed by atoms with E-state index in [1.54, 1.807) is 24.3 Å². The minimum absolute atomic E-state index is 0.0229. The standard InChI is InChI=1S/C19H22O2.C2H6/c1-18(2)11-12-19(13-18,14-3-7-16(20)8-4-14)15-5-9-17(21)10-6-15;1-2/h3-10,20-21H,11-13H2,1-2H3;1-2H3. The summed E-state index contributed by atoms with van der Waals surface area (Å²) >= 11 is 0. The van der Waals surface area contributed by atoms with Crippen LogP contribution in [0.3, 0.4) is 0 Å². The third-order valence-electron chi connectivity index (χ3n) is 4.85. The number of aromatic hydroxyl groups is 2. The van der Waals surface area contributed by atoms with Crippen LogP contribution in [0.2, 0.25) is 0 Å². The van der Waals surface area contributed by atoms with Crippen molar-refractivity contribution in [2.24, 2.45) is 5.41 Å². The van der Waals surface area contributed by atoms with Crippen LogP contribution in [0, 0.1) is 5.41 Å². The zero-order valence-electron chi connectivity index (χ0n) is 14.6. The van der Waals surface area contributed by atoms with Crippen LogP contribution in [0.25, 0.3) is 0 Å². The van der Waals surface area contributed by atoms with E-state index >= 15 is 0 Å². The molecule has 1 fully saturated rings. The zero-order chi connectivity index (χ0) is 17.1. The molecule has 0 radical (unpaired) electrons. The van der Waals surface area contributed by atoms with E-state index in [1.165, 1.54) is 17.5 Å². The van der Waals surface area contributed by atoms with Gasteiger partial charge in [0.2, 0.25) is 0 Å².